The Labute approximate surface area is 123 Å². The second kappa shape index (κ2) is 7.98. The molecule has 0 heterocycles. The largest absolute Gasteiger partial charge is 0.548 e. The number of urea groups is 1. The fourth-order valence-electron chi connectivity index (χ4n) is 1.66. The molecule has 0 aliphatic rings. The number of aliphatic carboxylic acids is 1. The van der Waals surface area contributed by atoms with E-state index in [4.69, 9.17) is 9.47 Å². The summed E-state index contributed by atoms with van der Waals surface area (Å²) in [5.74, 6) is -0.0789. The molecule has 1 aromatic carbocycles. The Morgan fingerprint density at radius 1 is 1.24 bits per heavy atom. The summed E-state index contributed by atoms with van der Waals surface area (Å²) in [5, 5.41) is 15.3. The van der Waals surface area contributed by atoms with E-state index in [9.17, 15) is 14.7 Å². The first kappa shape index (κ1) is 16.6. The number of carboxylic acid groups (broad SMARTS) is 1. The molecule has 0 spiro atoms. The molecule has 7 nitrogen and oxygen atoms in total. The first-order chi connectivity index (χ1) is 9.97. The van der Waals surface area contributed by atoms with Gasteiger partial charge in [-0.1, -0.05) is 6.07 Å². The number of carboxylic acids is 1. The number of hydrogen-bond acceptors (Lipinski definition) is 5. The molecule has 0 bridgehead atoms. The number of benzene rings is 1. The highest BCUT2D eigenvalue weighted by Crippen LogP contribution is 2.27. The molecule has 0 saturated carbocycles. The zero-order valence-corrected chi connectivity index (χ0v) is 12.3. The van der Waals surface area contributed by atoms with Gasteiger partial charge in [-0.05, 0) is 31.0 Å². The number of rotatable bonds is 7. The predicted molar refractivity (Wildman–Crippen MR) is 74.3 cm³/mol. The number of nitrogens with one attached hydrogen (secondary N) is 2. The SMILES string of the molecule is COc1ccc(CCNC(=O)N[C@@H](C)C(=O)[O-])cc1OC. The number of ether oxygens (including phenoxy) is 2. The van der Waals surface area contributed by atoms with E-state index in [1.54, 1.807) is 20.3 Å². The molecule has 0 aliphatic carbocycles. The number of carbonyl (C=O) groups excluding carboxylic acids is 2. The van der Waals surface area contributed by atoms with Crippen LogP contribution in [0.1, 0.15) is 12.5 Å². The fourth-order valence-corrected chi connectivity index (χ4v) is 1.66. The van der Waals surface area contributed by atoms with Gasteiger partial charge in [0.2, 0.25) is 0 Å². The Bertz CT molecular complexity index is 504. The smallest absolute Gasteiger partial charge is 0.315 e. The van der Waals surface area contributed by atoms with Gasteiger partial charge in [-0.15, -0.1) is 0 Å². The van der Waals surface area contributed by atoms with Crippen LogP contribution in [0.25, 0.3) is 0 Å². The summed E-state index contributed by atoms with van der Waals surface area (Å²) >= 11 is 0. The highest BCUT2D eigenvalue weighted by molar-refractivity contribution is 5.81. The predicted octanol–water partition coefficient (Wildman–Crippen LogP) is -0.316. The minimum atomic E-state index is -1.33. The van der Waals surface area contributed by atoms with Crippen LogP contribution >= 0.6 is 0 Å². The van der Waals surface area contributed by atoms with Gasteiger partial charge < -0.3 is 30.0 Å². The van der Waals surface area contributed by atoms with E-state index in [2.05, 4.69) is 10.6 Å². The molecule has 0 radical (unpaired) electrons. The van der Waals surface area contributed by atoms with Gasteiger partial charge in [0.15, 0.2) is 11.5 Å². The molecule has 21 heavy (non-hydrogen) atoms. The van der Waals surface area contributed by atoms with Crippen LogP contribution in [-0.4, -0.2) is 38.8 Å². The Morgan fingerprint density at radius 3 is 2.48 bits per heavy atom. The topological polar surface area (TPSA) is 99.7 Å². The zero-order chi connectivity index (χ0) is 15.8. The van der Waals surface area contributed by atoms with Gasteiger partial charge in [-0.3, -0.25) is 0 Å². The van der Waals surface area contributed by atoms with E-state index in [1.807, 2.05) is 12.1 Å². The van der Waals surface area contributed by atoms with Gasteiger partial charge in [-0.25, -0.2) is 4.79 Å². The molecule has 0 aliphatic heterocycles. The summed E-state index contributed by atoms with van der Waals surface area (Å²) < 4.78 is 10.3. The quantitative estimate of drug-likeness (QED) is 0.718. The minimum absolute atomic E-state index is 0.362. The summed E-state index contributed by atoms with van der Waals surface area (Å²) in [6.07, 6.45) is 0.577. The van der Waals surface area contributed by atoms with Crippen LogP contribution in [0.4, 0.5) is 4.79 Å². The van der Waals surface area contributed by atoms with E-state index in [-0.39, 0.29) is 0 Å². The average Bonchev–Trinajstić information content (AvgIpc) is 2.46. The standard InChI is InChI=1S/C14H20N2O5/c1-9(13(17)18)16-14(19)15-7-6-10-4-5-11(20-2)12(8-10)21-3/h4-5,8-9H,6-7H2,1-3H3,(H,17,18)(H2,15,16,19)/p-1/t9-/m0/s1. The highest BCUT2D eigenvalue weighted by Gasteiger charge is 2.08. The zero-order valence-electron chi connectivity index (χ0n) is 12.3. The molecule has 0 aromatic heterocycles. The summed E-state index contributed by atoms with van der Waals surface area (Å²) in [5.41, 5.74) is 0.959. The molecule has 1 aromatic rings. The van der Waals surface area contributed by atoms with Crippen molar-refractivity contribution < 1.29 is 24.2 Å². The third-order valence-electron chi connectivity index (χ3n) is 2.85. The van der Waals surface area contributed by atoms with Gasteiger partial charge in [0.1, 0.15) is 0 Å². The van der Waals surface area contributed by atoms with Crippen LogP contribution in [-0.2, 0) is 11.2 Å². The lowest BCUT2D eigenvalue weighted by molar-refractivity contribution is -0.307. The van der Waals surface area contributed by atoms with Gasteiger partial charge in [0.25, 0.3) is 0 Å². The summed E-state index contributed by atoms with van der Waals surface area (Å²) in [6.45, 7) is 1.70. The van der Waals surface area contributed by atoms with Crippen molar-refractivity contribution in [2.45, 2.75) is 19.4 Å². The van der Waals surface area contributed by atoms with Crippen LogP contribution < -0.4 is 25.2 Å². The molecule has 0 saturated heterocycles. The number of methoxy groups -OCH3 is 2. The lowest BCUT2D eigenvalue weighted by atomic mass is 10.1. The molecule has 7 heteroatoms. The van der Waals surface area contributed by atoms with Gasteiger partial charge in [0, 0.05) is 6.54 Å². The maximum absolute atomic E-state index is 11.4. The molecular formula is C14H19N2O5-. The molecule has 1 rings (SSSR count). The van der Waals surface area contributed by atoms with Crippen LogP contribution in [0, 0.1) is 0 Å². The summed E-state index contributed by atoms with van der Waals surface area (Å²) in [6, 6.07) is 3.89. The maximum Gasteiger partial charge on any atom is 0.315 e. The van der Waals surface area contributed by atoms with Crippen LogP contribution in [0.2, 0.25) is 0 Å². The lowest BCUT2D eigenvalue weighted by Gasteiger charge is -2.15. The normalized spacial score (nSPS) is 11.4. The molecule has 116 valence electrons. The van der Waals surface area contributed by atoms with Crippen LogP contribution in [0.5, 0.6) is 11.5 Å². The van der Waals surface area contributed by atoms with Crippen LogP contribution in [0.3, 0.4) is 0 Å². The second-order valence-corrected chi connectivity index (χ2v) is 4.38. The van der Waals surface area contributed by atoms with Crippen molar-refractivity contribution >= 4 is 12.0 Å². The van der Waals surface area contributed by atoms with Crippen molar-refractivity contribution in [3.8, 4) is 11.5 Å². The van der Waals surface area contributed by atoms with Crippen molar-refractivity contribution in [3.63, 3.8) is 0 Å². The highest BCUT2D eigenvalue weighted by atomic mass is 16.5. The van der Waals surface area contributed by atoms with Crippen molar-refractivity contribution in [2.24, 2.45) is 0 Å². The van der Waals surface area contributed by atoms with Crippen molar-refractivity contribution in [1.29, 1.82) is 0 Å². The number of amides is 2. The van der Waals surface area contributed by atoms with Gasteiger partial charge >= 0.3 is 6.03 Å². The molecule has 0 unspecified atom stereocenters. The van der Waals surface area contributed by atoms with E-state index in [0.29, 0.717) is 24.5 Å². The molecule has 1 atom stereocenters. The molecule has 0 fully saturated rings. The Hall–Kier alpha value is -2.44. The fraction of sp³-hybridized carbons (Fsp3) is 0.429. The summed E-state index contributed by atoms with van der Waals surface area (Å²) in [4.78, 5) is 21.9. The van der Waals surface area contributed by atoms with Gasteiger partial charge in [-0.2, -0.15) is 0 Å². The van der Waals surface area contributed by atoms with E-state index >= 15 is 0 Å². The Kier molecular flexibility index (Phi) is 6.32. The van der Waals surface area contributed by atoms with E-state index in [1.165, 1.54) is 6.92 Å². The maximum atomic E-state index is 11.4. The summed E-state index contributed by atoms with van der Waals surface area (Å²) in [7, 11) is 3.11. The Balaban J connectivity index is 2.45. The van der Waals surface area contributed by atoms with E-state index in [0.717, 1.165) is 5.56 Å². The van der Waals surface area contributed by atoms with Crippen molar-refractivity contribution in [3.05, 3.63) is 23.8 Å². The average molecular weight is 295 g/mol. The Morgan fingerprint density at radius 2 is 1.90 bits per heavy atom. The van der Waals surface area contributed by atoms with Crippen molar-refractivity contribution in [1.82, 2.24) is 10.6 Å². The monoisotopic (exact) mass is 295 g/mol. The third-order valence-corrected chi connectivity index (χ3v) is 2.85. The third kappa shape index (κ3) is 5.21. The number of hydrogen-bond donors (Lipinski definition) is 2. The molecular weight excluding hydrogens is 276 g/mol. The second-order valence-electron chi connectivity index (χ2n) is 4.38. The molecule has 2 N–H and O–H groups in total. The molecule has 2 amide bonds. The minimum Gasteiger partial charge on any atom is -0.548 e. The van der Waals surface area contributed by atoms with E-state index < -0.39 is 18.0 Å². The van der Waals surface area contributed by atoms with Crippen molar-refractivity contribution in [2.75, 3.05) is 20.8 Å². The first-order valence-corrected chi connectivity index (χ1v) is 6.44. The number of carbonyl (C=O) groups is 2. The lowest BCUT2D eigenvalue weighted by Crippen LogP contribution is -2.49. The first-order valence-electron chi connectivity index (χ1n) is 6.44. The van der Waals surface area contributed by atoms with Gasteiger partial charge in [0.05, 0.1) is 26.2 Å². The van der Waals surface area contributed by atoms with Crippen LogP contribution in [0.15, 0.2) is 18.2 Å².